The summed E-state index contributed by atoms with van der Waals surface area (Å²) >= 11 is 7.63. The number of rotatable bonds is 4. The van der Waals surface area contributed by atoms with Gasteiger partial charge < -0.3 is 4.90 Å². The van der Waals surface area contributed by atoms with Crippen LogP contribution in [0.15, 0.2) is 23.2 Å². The van der Waals surface area contributed by atoms with Crippen molar-refractivity contribution in [1.29, 1.82) is 0 Å². The van der Waals surface area contributed by atoms with Gasteiger partial charge in [0.15, 0.2) is 0 Å². The molecule has 0 unspecified atom stereocenters. The Bertz CT molecular complexity index is 327. The summed E-state index contributed by atoms with van der Waals surface area (Å²) in [6, 6.07) is 5.79. The van der Waals surface area contributed by atoms with Gasteiger partial charge in [0.25, 0.3) is 0 Å². The fraction of sp³-hybridized carbons (Fsp3) is 0.583. The molecule has 0 N–H and O–H groups in total. The zero-order chi connectivity index (χ0) is 11.2. The van der Waals surface area contributed by atoms with E-state index in [-0.39, 0.29) is 0 Å². The highest BCUT2D eigenvalue weighted by Crippen LogP contribution is 2.18. The van der Waals surface area contributed by atoms with Crippen molar-refractivity contribution in [3.63, 3.8) is 0 Å². The third-order valence-corrected chi connectivity index (χ3v) is 3.92. The van der Waals surface area contributed by atoms with Crippen LogP contribution in [0.5, 0.6) is 0 Å². The number of likely N-dealkylation sites (tertiary alicyclic amines) is 1. The molecule has 0 aromatic carbocycles. The van der Waals surface area contributed by atoms with Crippen LogP contribution >= 0.6 is 23.4 Å². The second kappa shape index (κ2) is 6.48. The van der Waals surface area contributed by atoms with E-state index in [1.807, 2.05) is 18.2 Å². The Morgan fingerprint density at radius 3 is 2.81 bits per heavy atom. The largest absolute Gasteiger partial charge is 0.303 e. The van der Waals surface area contributed by atoms with Crippen molar-refractivity contribution < 1.29 is 0 Å². The van der Waals surface area contributed by atoms with Crippen LogP contribution in [-0.2, 0) is 0 Å². The average Bonchev–Trinajstić information content (AvgIpc) is 2.30. The highest BCUT2D eigenvalue weighted by Gasteiger charge is 2.09. The van der Waals surface area contributed by atoms with E-state index in [0.717, 1.165) is 10.8 Å². The molecule has 1 fully saturated rings. The molecule has 0 atom stereocenters. The van der Waals surface area contributed by atoms with Gasteiger partial charge in [-0.15, -0.1) is 11.8 Å². The molecule has 0 saturated carbocycles. The van der Waals surface area contributed by atoms with Gasteiger partial charge in [-0.25, -0.2) is 4.98 Å². The molecule has 0 aliphatic carbocycles. The molecule has 1 aliphatic rings. The normalized spacial score (nSPS) is 17.6. The molecule has 0 radical (unpaired) electrons. The number of piperidine rings is 1. The molecule has 2 heterocycles. The zero-order valence-corrected chi connectivity index (χ0v) is 10.9. The van der Waals surface area contributed by atoms with E-state index in [1.165, 1.54) is 38.9 Å². The van der Waals surface area contributed by atoms with Crippen LogP contribution in [0.3, 0.4) is 0 Å². The summed E-state index contributed by atoms with van der Waals surface area (Å²) in [6.07, 6.45) is 4.12. The van der Waals surface area contributed by atoms with Crippen LogP contribution in [0, 0.1) is 0 Å². The summed E-state index contributed by atoms with van der Waals surface area (Å²) in [7, 11) is 0. The number of aromatic nitrogens is 1. The zero-order valence-electron chi connectivity index (χ0n) is 9.36. The predicted molar refractivity (Wildman–Crippen MR) is 70.3 cm³/mol. The number of hydrogen-bond acceptors (Lipinski definition) is 3. The van der Waals surface area contributed by atoms with E-state index in [0.29, 0.717) is 5.15 Å². The van der Waals surface area contributed by atoms with Gasteiger partial charge in [0.05, 0.1) is 5.03 Å². The molecule has 2 rings (SSSR count). The van der Waals surface area contributed by atoms with Crippen LogP contribution < -0.4 is 0 Å². The summed E-state index contributed by atoms with van der Waals surface area (Å²) in [6.45, 7) is 3.70. The molecular formula is C12H17ClN2S. The monoisotopic (exact) mass is 256 g/mol. The molecule has 16 heavy (non-hydrogen) atoms. The lowest BCUT2D eigenvalue weighted by atomic mass is 10.1. The van der Waals surface area contributed by atoms with Gasteiger partial charge in [-0.2, -0.15) is 0 Å². The molecule has 0 amide bonds. The van der Waals surface area contributed by atoms with Crippen molar-refractivity contribution in [2.75, 3.05) is 25.4 Å². The van der Waals surface area contributed by atoms with Crippen molar-refractivity contribution in [1.82, 2.24) is 9.88 Å². The fourth-order valence-electron chi connectivity index (χ4n) is 1.93. The Balaban J connectivity index is 1.71. The third-order valence-electron chi connectivity index (χ3n) is 2.80. The van der Waals surface area contributed by atoms with Crippen LogP contribution in [0.25, 0.3) is 0 Å². The van der Waals surface area contributed by atoms with Gasteiger partial charge in [0.2, 0.25) is 0 Å². The Morgan fingerprint density at radius 2 is 2.06 bits per heavy atom. The van der Waals surface area contributed by atoms with Crippen molar-refractivity contribution in [2.24, 2.45) is 0 Å². The molecule has 0 bridgehead atoms. The minimum Gasteiger partial charge on any atom is -0.303 e. The Morgan fingerprint density at radius 1 is 1.25 bits per heavy atom. The third kappa shape index (κ3) is 3.96. The number of thioether (sulfide) groups is 1. The molecule has 2 nitrogen and oxygen atoms in total. The summed E-state index contributed by atoms with van der Waals surface area (Å²) < 4.78 is 0. The lowest BCUT2D eigenvalue weighted by molar-refractivity contribution is 0.242. The summed E-state index contributed by atoms with van der Waals surface area (Å²) in [5.41, 5.74) is 0. The van der Waals surface area contributed by atoms with Gasteiger partial charge in [-0.3, -0.25) is 0 Å². The second-order valence-electron chi connectivity index (χ2n) is 4.05. The summed E-state index contributed by atoms with van der Waals surface area (Å²) in [5.74, 6) is 1.10. The summed E-state index contributed by atoms with van der Waals surface area (Å²) in [5, 5.41) is 1.62. The quantitative estimate of drug-likeness (QED) is 0.607. The van der Waals surface area contributed by atoms with E-state index in [4.69, 9.17) is 11.6 Å². The minimum atomic E-state index is 0.586. The molecule has 1 aromatic rings. The maximum atomic E-state index is 5.84. The summed E-state index contributed by atoms with van der Waals surface area (Å²) in [4.78, 5) is 6.81. The number of hydrogen-bond donors (Lipinski definition) is 0. The van der Waals surface area contributed by atoms with Crippen LogP contribution in [0.1, 0.15) is 19.3 Å². The first-order chi connectivity index (χ1) is 7.84. The van der Waals surface area contributed by atoms with Crippen LogP contribution in [0.4, 0.5) is 0 Å². The highest BCUT2D eigenvalue weighted by molar-refractivity contribution is 7.99. The van der Waals surface area contributed by atoms with Crippen molar-refractivity contribution in [3.8, 4) is 0 Å². The van der Waals surface area contributed by atoms with Crippen molar-refractivity contribution in [3.05, 3.63) is 23.4 Å². The van der Waals surface area contributed by atoms with E-state index in [9.17, 15) is 0 Å². The topological polar surface area (TPSA) is 16.1 Å². The maximum Gasteiger partial charge on any atom is 0.130 e. The van der Waals surface area contributed by atoms with Gasteiger partial charge in [-0.05, 0) is 38.1 Å². The van der Waals surface area contributed by atoms with E-state index >= 15 is 0 Å². The molecule has 1 saturated heterocycles. The first kappa shape index (κ1) is 12.2. The first-order valence-electron chi connectivity index (χ1n) is 5.82. The molecule has 0 spiro atoms. The number of halogens is 1. The molecule has 1 aromatic heterocycles. The standard InChI is InChI=1S/C12H17ClN2S/c13-11-5-4-6-12(14-11)16-10-9-15-7-2-1-3-8-15/h4-6H,1-3,7-10H2. The van der Waals surface area contributed by atoms with E-state index in [2.05, 4.69) is 9.88 Å². The second-order valence-corrected chi connectivity index (χ2v) is 5.55. The lowest BCUT2D eigenvalue weighted by Gasteiger charge is -2.25. The van der Waals surface area contributed by atoms with Crippen molar-refractivity contribution in [2.45, 2.75) is 24.3 Å². The first-order valence-corrected chi connectivity index (χ1v) is 7.19. The van der Waals surface area contributed by atoms with Gasteiger partial charge in [0, 0.05) is 12.3 Å². The maximum absolute atomic E-state index is 5.84. The number of nitrogens with zero attached hydrogens (tertiary/aromatic N) is 2. The number of pyridine rings is 1. The van der Waals surface area contributed by atoms with Crippen LogP contribution in [-0.4, -0.2) is 35.3 Å². The Labute approximate surface area is 106 Å². The van der Waals surface area contributed by atoms with E-state index in [1.54, 1.807) is 11.8 Å². The van der Waals surface area contributed by atoms with Crippen molar-refractivity contribution >= 4 is 23.4 Å². The molecule has 88 valence electrons. The smallest absolute Gasteiger partial charge is 0.130 e. The minimum absolute atomic E-state index is 0.586. The molecular weight excluding hydrogens is 240 g/mol. The van der Waals surface area contributed by atoms with Gasteiger partial charge in [0.1, 0.15) is 5.15 Å². The Kier molecular flexibility index (Phi) is 4.94. The Hall–Kier alpha value is -0.250. The van der Waals surface area contributed by atoms with Gasteiger partial charge in [-0.1, -0.05) is 24.1 Å². The van der Waals surface area contributed by atoms with Gasteiger partial charge >= 0.3 is 0 Å². The highest BCUT2D eigenvalue weighted by atomic mass is 35.5. The van der Waals surface area contributed by atoms with E-state index < -0.39 is 0 Å². The fourth-order valence-corrected chi connectivity index (χ4v) is 3.04. The molecule has 4 heteroatoms. The average molecular weight is 257 g/mol. The van der Waals surface area contributed by atoms with Crippen LogP contribution in [0.2, 0.25) is 5.15 Å². The lowest BCUT2D eigenvalue weighted by Crippen LogP contribution is -2.31. The predicted octanol–water partition coefficient (Wildman–Crippen LogP) is 3.31. The molecule has 1 aliphatic heterocycles. The SMILES string of the molecule is Clc1cccc(SCCN2CCCCC2)n1.